The van der Waals surface area contributed by atoms with Crippen molar-refractivity contribution in [1.29, 1.82) is 0 Å². The molecule has 1 aromatic rings. The molecule has 0 radical (unpaired) electrons. The summed E-state index contributed by atoms with van der Waals surface area (Å²) in [6, 6.07) is 5.90. The molecule has 2 aliphatic carbocycles. The SMILES string of the molecule is O=C(N/N=C1/C[C@H]2C=CC[C@H]12)c1ccccc1F. The van der Waals surface area contributed by atoms with Gasteiger partial charge >= 0.3 is 0 Å². The van der Waals surface area contributed by atoms with Gasteiger partial charge in [-0.2, -0.15) is 5.10 Å². The minimum absolute atomic E-state index is 0.0299. The van der Waals surface area contributed by atoms with E-state index >= 15 is 0 Å². The number of nitrogens with zero attached hydrogens (tertiary/aromatic N) is 1. The Morgan fingerprint density at radius 3 is 3.00 bits per heavy atom. The molecule has 0 unspecified atom stereocenters. The number of fused-ring (bicyclic) bond motifs is 1. The summed E-state index contributed by atoms with van der Waals surface area (Å²) in [4.78, 5) is 11.7. The molecule has 4 heteroatoms. The zero-order valence-corrected chi connectivity index (χ0v) is 9.77. The molecule has 1 N–H and O–H groups in total. The Bertz CT molecular complexity index is 550. The van der Waals surface area contributed by atoms with Crippen LogP contribution in [0.4, 0.5) is 4.39 Å². The van der Waals surface area contributed by atoms with Crippen LogP contribution in [0.15, 0.2) is 41.5 Å². The van der Waals surface area contributed by atoms with Crippen LogP contribution in [-0.4, -0.2) is 11.6 Å². The summed E-state index contributed by atoms with van der Waals surface area (Å²) in [7, 11) is 0. The maximum Gasteiger partial charge on any atom is 0.274 e. The number of halogens is 1. The largest absolute Gasteiger partial charge is 0.274 e. The Hall–Kier alpha value is -1.97. The third-order valence-electron chi connectivity index (χ3n) is 3.58. The van der Waals surface area contributed by atoms with E-state index in [9.17, 15) is 9.18 Å². The number of hydrogen-bond acceptors (Lipinski definition) is 2. The molecule has 1 saturated carbocycles. The van der Waals surface area contributed by atoms with E-state index in [-0.39, 0.29) is 5.56 Å². The van der Waals surface area contributed by atoms with E-state index in [1.807, 2.05) is 0 Å². The Morgan fingerprint density at radius 2 is 2.22 bits per heavy atom. The van der Waals surface area contributed by atoms with Crippen molar-refractivity contribution in [2.24, 2.45) is 16.9 Å². The van der Waals surface area contributed by atoms with Crippen LogP contribution in [0.2, 0.25) is 0 Å². The molecule has 3 nitrogen and oxygen atoms in total. The molecule has 0 heterocycles. The first kappa shape index (κ1) is 11.1. The van der Waals surface area contributed by atoms with Crippen LogP contribution in [-0.2, 0) is 0 Å². The summed E-state index contributed by atoms with van der Waals surface area (Å²) >= 11 is 0. The average molecular weight is 244 g/mol. The molecule has 1 aromatic carbocycles. The summed E-state index contributed by atoms with van der Waals surface area (Å²) in [5.41, 5.74) is 3.47. The Labute approximate surface area is 104 Å². The van der Waals surface area contributed by atoms with Crippen molar-refractivity contribution in [3.63, 3.8) is 0 Å². The lowest BCUT2D eigenvalue weighted by atomic mass is 9.74. The minimum atomic E-state index is -0.524. The lowest BCUT2D eigenvalue weighted by Crippen LogP contribution is -2.35. The van der Waals surface area contributed by atoms with E-state index in [0.717, 1.165) is 18.6 Å². The second-order valence-corrected chi connectivity index (χ2v) is 4.66. The van der Waals surface area contributed by atoms with Gasteiger partial charge in [0.1, 0.15) is 5.82 Å². The monoisotopic (exact) mass is 244 g/mol. The van der Waals surface area contributed by atoms with Crippen molar-refractivity contribution in [3.8, 4) is 0 Å². The second-order valence-electron chi connectivity index (χ2n) is 4.66. The van der Waals surface area contributed by atoms with E-state index in [0.29, 0.717) is 11.8 Å². The molecule has 1 fully saturated rings. The topological polar surface area (TPSA) is 41.5 Å². The molecule has 0 saturated heterocycles. The van der Waals surface area contributed by atoms with Gasteiger partial charge < -0.3 is 0 Å². The van der Waals surface area contributed by atoms with Gasteiger partial charge in [-0.3, -0.25) is 4.79 Å². The van der Waals surface area contributed by atoms with E-state index in [2.05, 4.69) is 22.7 Å². The fraction of sp³-hybridized carbons (Fsp3) is 0.286. The Kier molecular flexibility index (Phi) is 2.70. The molecule has 0 aliphatic heterocycles. The van der Waals surface area contributed by atoms with Crippen LogP contribution < -0.4 is 5.43 Å². The molecule has 1 amide bonds. The van der Waals surface area contributed by atoms with Gasteiger partial charge in [-0.15, -0.1) is 0 Å². The first-order chi connectivity index (χ1) is 8.75. The highest BCUT2D eigenvalue weighted by atomic mass is 19.1. The van der Waals surface area contributed by atoms with Crippen molar-refractivity contribution in [1.82, 2.24) is 5.43 Å². The van der Waals surface area contributed by atoms with Gasteiger partial charge in [0, 0.05) is 11.6 Å². The number of benzene rings is 1. The van der Waals surface area contributed by atoms with Crippen molar-refractivity contribution in [2.75, 3.05) is 0 Å². The van der Waals surface area contributed by atoms with Gasteiger partial charge in [0.25, 0.3) is 5.91 Å². The third kappa shape index (κ3) is 1.83. The van der Waals surface area contributed by atoms with Crippen LogP contribution in [0.3, 0.4) is 0 Å². The number of rotatable bonds is 2. The van der Waals surface area contributed by atoms with Crippen molar-refractivity contribution >= 4 is 11.6 Å². The average Bonchev–Trinajstić information content (AvgIpc) is 2.71. The summed E-state index contributed by atoms with van der Waals surface area (Å²) in [5.74, 6) is 0.0271. The number of carbonyl (C=O) groups excluding carboxylic acids is 1. The molecular weight excluding hydrogens is 231 g/mol. The number of carbonyl (C=O) groups is 1. The lowest BCUT2D eigenvalue weighted by molar-refractivity contribution is 0.0950. The molecule has 18 heavy (non-hydrogen) atoms. The first-order valence-electron chi connectivity index (χ1n) is 6.03. The van der Waals surface area contributed by atoms with E-state index in [1.165, 1.54) is 12.1 Å². The highest BCUT2D eigenvalue weighted by Gasteiger charge is 2.38. The zero-order valence-electron chi connectivity index (χ0n) is 9.77. The van der Waals surface area contributed by atoms with E-state index < -0.39 is 11.7 Å². The van der Waals surface area contributed by atoms with Crippen molar-refractivity contribution in [3.05, 3.63) is 47.8 Å². The van der Waals surface area contributed by atoms with E-state index in [1.54, 1.807) is 12.1 Å². The molecule has 0 bridgehead atoms. The summed E-state index contributed by atoms with van der Waals surface area (Å²) in [5, 5.41) is 4.10. The van der Waals surface area contributed by atoms with Crippen molar-refractivity contribution in [2.45, 2.75) is 12.8 Å². The number of hydrogen-bond donors (Lipinski definition) is 1. The van der Waals surface area contributed by atoms with E-state index in [4.69, 9.17) is 0 Å². The van der Waals surface area contributed by atoms with Gasteiger partial charge in [0.05, 0.1) is 5.56 Å². The van der Waals surface area contributed by atoms with Crippen LogP contribution >= 0.6 is 0 Å². The van der Waals surface area contributed by atoms with Gasteiger partial charge in [0.15, 0.2) is 0 Å². The van der Waals surface area contributed by atoms with Crippen LogP contribution in [0.5, 0.6) is 0 Å². The number of nitrogens with one attached hydrogen (secondary N) is 1. The quantitative estimate of drug-likeness (QED) is 0.630. The standard InChI is InChI=1S/C14H13FN2O/c15-12-7-2-1-5-11(12)14(18)17-16-13-8-9-4-3-6-10(9)13/h1-5,7,9-10H,6,8H2,(H,17,18)/b16-13-/t9-,10+/m1/s1. The number of allylic oxidation sites excluding steroid dienone is 2. The molecule has 0 aromatic heterocycles. The smallest absolute Gasteiger partial charge is 0.267 e. The highest BCUT2D eigenvalue weighted by Crippen LogP contribution is 2.40. The van der Waals surface area contributed by atoms with Gasteiger partial charge in [-0.25, -0.2) is 9.82 Å². The fourth-order valence-electron chi connectivity index (χ4n) is 2.49. The normalized spacial score (nSPS) is 26.8. The minimum Gasteiger partial charge on any atom is -0.267 e. The van der Waals surface area contributed by atoms with Crippen LogP contribution in [0.1, 0.15) is 23.2 Å². The second kappa shape index (κ2) is 4.37. The van der Waals surface area contributed by atoms with Crippen LogP contribution in [0.25, 0.3) is 0 Å². The zero-order chi connectivity index (χ0) is 12.5. The molecular formula is C14H13FN2O. The molecule has 3 rings (SSSR count). The predicted molar refractivity (Wildman–Crippen MR) is 66.7 cm³/mol. The lowest BCUT2D eigenvalue weighted by Gasteiger charge is -2.31. The molecule has 2 aliphatic rings. The maximum absolute atomic E-state index is 13.4. The van der Waals surface area contributed by atoms with Crippen molar-refractivity contribution < 1.29 is 9.18 Å². The Morgan fingerprint density at radius 1 is 1.39 bits per heavy atom. The summed E-state index contributed by atoms with van der Waals surface area (Å²) in [6.07, 6.45) is 6.25. The maximum atomic E-state index is 13.4. The predicted octanol–water partition coefficient (Wildman–Crippen LogP) is 2.51. The van der Waals surface area contributed by atoms with Gasteiger partial charge in [0.2, 0.25) is 0 Å². The van der Waals surface area contributed by atoms with Gasteiger partial charge in [-0.05, 0) is 30.9 Å². The summed E-state index contributed by atoms with van der Waals surface area (Å²) < 4.78 is 13.4. The fourth-order valence-corrected chi connectivity index (χ4v) is 2.49. The molecule has 0 spiro atoms. The molecule has 92 valence electrons. The third-order valence-corrected chi connectivity index (χ3v) is 3.58. The highest BCUT2D eigenvalue weighted by molar-refractivity contribution is 5.98. The number of amides is 1. The van der Waals surface area contributed by atoms with Crippen LogP contribution in [0, 0.1) is 17.7 Å². The number of hydrazone groups is 1. The first-order valence-corrected chi connectivity index (χ1v) is 6.03. The Balaban J connectivity index is 1.66. The molecule has 2 atom stereocenters. The summed E-state index contributed by atoms with van der Waals surface area (Å²) in [6.45, 7) is 0. The van der Waals surface area contributed by atoms with Gasteiger partial charge in [-0.1, -0.05) is 24.3 Å².